The summed E-state index contributed by atoms with van der Waals surface area (Å²) >= 11 is 0. The zero-order valence-corrected chi connectivity index (χ0v) is 15.3. The summed E-state index contributed by atoms with van der Waals surface area (Å²) in [6, 6.07) is 8.49. The molecule has 1 fully saturated rings. The third-order valence-corrected chi connectivity index (χ3v) is 4.59. The number of rotatable bonds is 8. The molecule has 0 spiro atoms. The molecule has 1 saturated heterocycles. The number of amides is 1. The summed E-state index contributed by atoms with van der Waals surface area (Å²) in [5.74, 6) is -0.212. The van der Waals surface area contributed by atoms with Crippen LogP contribution >= 0.6 is 0 Å². The Kier molecular flexibility index (Phi) is 7.88. The van der Waals surface area contributed by atoms with Crippen LogP contribution in [-0.4, -0.2) is 68.1 Å². The van der Waals surface area contributed by atoms with Gasteiger partial charge in [-0.2, -0.15) is 0 Å². The number of piperazine rings is 1. The minimum absolute atomic E-state index is 0.0252. The number of hydrogen-bond acceptors (Lipinski definition) is 5. The summed E-state index contributed by atoms with van der Waals surface area (Å²) in [5.41, 5.74) is 2.70. The van der Waals surface area contributed by atoms with Crippen LogP contribution in [0.25, 0.3) is 0 Å². The van der Waals surface area contributed by atoms with E-state index in [1.807, 2.05) is 0 Å². The molecule has 1 aromatic carbocycles. The number of nitrogens with zero attached hydrogens (tertiary/aromatic N) is 2. The van der Waals surface area contributed by atoms with Crippen molar-refractivity contribution in [3.63, 3.8) is 0 Å². The number of benzene rings is 1. The van der Waals surface area contributed by atoms with Crippen LogP contribution in [0.2, 0.25) is 0 Å². The Balaban J connectivity index is 1.62. The van der Waals surface area contributed by atoms with Gasteiger partial charge in [-0.15, -0.1) is 0 Å². The standard InChI is InChI=1S/C19H29N3O3/c1-16-6-3-4-7-17(16)14-21-10-12-22(13-11-21)15-18(23)20-9-5-8-19(24)25-2/h3-4,6-7H,5,8-15H2,1-2H3,(H,20,23). The van der Waals surface area contributed by atoms with E-state index in [9.17, 15) is 9.59 Å². The van der Waals surface area contributed by atoms with Crippen molar-refractivity contribution in [3.05, 3.63) is 35.4 Å². The fourth-order valence-corrected chi connectivity index (χ4v) is 2.96. The second-order valence-electron chi connectivity index (χ2n) is 6.51. The number of methoxy groups -OCH3 is 1. The highest BCUT2D eigenvalue weighted by Gasteiger charge is 2.19. The Morgan fingerprint density at radius 1 is 1.12 bits per heavy atom. The van der Waals surface area contributed by atoms with Crippen molar-refractivity contribution in [2.24, 2.45) is 0 Å². The minimum atomic E-state index is -0.237. The van der Waals surface area contributed by atoms with Crippen LogP contribution in [0.3, 0.4) is 0 Å². The van der Waals surface area contributed by atoms with Crippen LogP contribution in [0.5, 0.6) is 0 Å². The molecule has 2 rings (SSSR count). The van der Waals surface area contributed by atoms with Crippen LogP contribution in [0.4, 0.5) is 0 Å². The zero-order valence-electron chi connectivity index (χ0n) is 15.3. The van der Waals surface area contributed by atoms with E-state index in [4.69, 9.17) is 0 Å². The first-order valence-electron chi connectivity index (χ1n) is 8.91. The highest BCUT2D eigenvalue weighted by atomic mass is 16.5. The lowest BCUT2D eigenvalue weighted by Crippen LogP contribution is -2.49. The second-order valence-corrected chi connectivity index (χ2v) is 6.51. The molecule has 1 aliphatic heterocycles. The van der Waals surface area contributed by atoms with Crippen molar-refractivity contribution in [1.82, 2.24) is 15.1 Å². The molecule has 6 nitrogen and oxygen atoms in total. The van der Waals surface area contributed by atoms with Crippen molar-refractivity contribution in [3.8, 4) is 0 Å². The molecule has 0 bridgehead atoms. The van der Waals surface area contributed by atoms with Crippen molar-refractivity contribution in [1.29, 1.82) is 0 Å². The third-order valence-electron chi connectivity index (χ3n) is 4.59. The van der Waals surface area contributed by atoms with Crippen LogP contribution in [0.15, 0.2) is 24.3 Å². The molecule has 0 radical (unpaired) electrons. The molecule has 138 valence electrons. The topological polar surface area (TPSA) is 61.9 Å². The molecule has 1 aromatic rings. The predicted molar refractivity (Wildman–Crippen MR) is 97.2 cm³/mol. The van der Waals surface area contributed by atoms with E-state index in [1.165, 1.54) is 18.2 Å². The van der Waals surface area contributed by atoms with E-state index in [1.54, 1.807) is 0 Å². The molecule has 1 aliphatic rings. The van der Waals surface area contributed by atoms with Crippen LogP contribution in [0.1, 0.15) is 24.0 Å². The van der Waals surface area contributed by atoms with E-state index in [0.717, 1.165) is 32.7 Å². The van der Waals surface area contributed by atoms with Gasteiger partial charge in [0.1, 0.15) is 0 Å². The molecule has 0 unspecified atom stereocenters. The lowest BCUT2D eigenvalue weighted by atomic mass is 10.1. The van der Waals surface area contributed by atoms with Crippen LogP contribution in [0, 0.1) is 6.92 Å². The van der Waals surface area contributed by atoms with Crippen molar-refractivity contribution in [2.75, 3.05) is 46.4 Å². The molecule has 0 atom stereocenters. The Labute approximate surface area is 150 Å². The SMILES string of the molecule is COC(=O)CCCNC(=O)CN1CCN(Cc2ccccc2C)CC1. The van der Waals surface area contributed by atoms with Gasteiger partial charge in [0.25, 0.3) is 0 Å². The van der Waals surface area contributed by atoms with Gasteiger partial charge in [-0.25, -0.2) is 0 Å². The minimum Gasteiger partial charge on any atom is -0.469 e. The number of carbonyl (C=O) groups is 2. The molecule has 6 heteroatoms. The summed E-state index contributed by atoms with van der Waals surface area (Å²) in [7, 11) is 1.37. The van der Waals surface area contributed by atoms with Gasteiger partial charge in [-0.3, -0.25) is 19.4 Å². The van der Waals surface area contributed by atoms with E-state index >= 15 is 0 Å². The Morgan fingerprint density at radius 3 is 2.48 bits per heavy atom. The smallest absolute Gasteiger partial charge is 0.305 e. The number of esters is 1. The quantitative estimate of drug-likeness (QED) is 0.565. The maximum absolute atomic E-state index is 12.0. The summed E-state index contributed by atoms with van der Waals surface area (Å²) in [4.78, 5) is 27.6. The third kappa shape index (κ3) is 6.84. The van der Waals surface area contributed by atoms with Gasteiger partial charge < -0.3 is 10.1 Å². The van der Waals surface area contributed by atoms with Crippen molar-refractivity contribution >= 4 is 11.9 Å². The first-order valence-corrected chi connectivity index (χ1v) is 8.91. The van der Waals surface area contributed by atoms with Crippen LogP contribution < -0.4 is 5.32 Å². The summed E-state index contributed by atoms with van der Waals surface area (Å²) in [6.45, 7) is 7.82. The van der Waals surface area contributed by atoms with Gasteiger partial charge in [0.15, 0.2) is 0 Å². The molecular weight excluding hydrogens is 318 g/mol. The van der Waals surface area contributed by atoms with Gasteiger partial charge in [0.2, 0.25) is 5.91 Å². The average molecular weight is 347 g/mol. The highest BCUT2D eigenvalue weighted by molar-refractivity contribution is 5.78. The second kappa shape index (κ2) is 10.2. The largest absolute Gasteiger partial charge is 0.469 e. The van der Waals surface area contributed by atoms with E-state index in [-0.39, 0.29) is 11.9 Å². The molecule has 0 aliphatic carbocycles. The highest BCUT2D eigenvalue weighted by Crippen LogP contribution is 2.12. The summed E-state index contributed by atoms with van der Waals surface area (Å²) in [5, 5.41) is 2.87. The Morgan fingerprint density at radius 2 is 1.80 bits per heavy atom. The first-order chi connectivity index (χ1) is 12.1. The predicted octanol–water partition coefficient (Wildman–Crippen LogP) is 1.18. The van der Waals surface area contributed by atoms with Crippen molar-refractivity contribution < 1.29 is 14.3 Å². The number of hydrogen-bond donors (Lipinski definition) is 1. The molecule has 0 saturated carbocycles. The van der Waals surface area contributed by atoms with E-state index in [0.29, 0.717) is 25.9 Å². The fraction of sp³-hybridized carbons (Fsp3) is 0.579. The first kappa shape index (κ1) is 19.4. The average Bonchev–Trinajstić information content (AvgIpc) is 2.62. The number of nitrogens with one attached hydrogen (secondary N) is 1. The number of ether oxygens (including phenoxy) is 1. The molecule has 1 amide bonds. The van der Waals surface area contributed by atoms with Gasteiger partial charge in [-0.05, 0) is 24.5 Å². The van der Waals surface area contributed by atoms with E-state index in [2.05, 4.69) is 51.0 Å². The van der Waals surface area contributed by atoms with Gasteiger partial charge in [0, 0.05) is 45.7 Å². The maximum Gasteiger partial charge on any atom is 0.305 e. The zero-order chi connectivity index (χ0) is 18.1. The molecule has 1 N–H and O–H groups in total. The monoisotopic (exact) mass is 347 g/mol. The van der Waals surface area contributed by atoms with Crippen LogP contribution in [-0.2, 0) is 20.9 Å². The molecule has 1 heterocycles. The van der Waals surface area contributed by atoms with Gasteiger partial charge in [0.05, 0.1) is 13.7 Å². The molecule has 0 aromatic heterocycles. The lowest BCUT2D eigenvalue weighted by Gasteiger charge is -2.34. The molecule has 25 heavy (non-hydrogen) atoms. The molecular formula is C19H29N3O3. The lowest BCUT2D eigenvalue weighted by molar-refractivity contribution is -0.140. The normalized spacial score (nSPS) is 15.8. The summed E-state index contributed by atoms with van der Waals surface area (Å²) < 4.78 is 4.57. The number of aryl methyl sites for hydroxylation is 1. The Bertz CT molecular complexity index is 569. The van der Waals surface area contributed by atoms with Crippen molar-refractivity contribution in [2.45, 2.75) is 26.3 Å². The van der Waals surface area contributed by atoms with E-state index < -0.39 is 0 Å². The fourth-order valence-electron chi connectivity index (χ4n) is 2.96. The summed E-state index contributed by atoms with van der Waals surface area (Å²) in [6.07, 6.45) is 0.955. The van der Waals surface area contributed by atoms with Gasteiger partial charge >= 0.3 is 5.97 Å². The van der Waals surface area contributed by atoms with Gasteiger partial charge in [-0.1, -0.05) is 24.3 Å². The maximum atomic E-state index is 12.0. The Hall–Kier alpha value is -1.92. The number of carbonyl (C=O) groups excluding carboxylic acids is 2.